The Bertz CT molecular complexity index is 578. The maximum absolute atomic E-state index is 5.96. The van der Waals surface area contributed by atoms with Crippen LogP contribution in [-0.4, -0.2) is 78.5 Å². The van der Waals surface area contributed by atoms with Gasteiger partial charge in [-0.1, -0.05) is 0 Å². The monoisotopic (exact) mass is 348 g/mol. The van der Waals surface area contributed by atoms with Crippen molar-refractivity contribution in [2.24, 2.45) is 18.0 Å². The van der Waals surface area contributed by atoms with Gasteiger partial charge in [0.05, 0.1) is 25.9 Å². The minimum Gasteiger partial charge on any atom is -0.370 e. The number of guanidine groups is 1. The van der Waals surface area contributed by atoms with Crippen molar-refractivity contribution >= 4 is 5.96 Å². The first-order chi connectivity index (χ1) is 12.1. The Kier molecular flexibility index (Phi) is 5.96. The molecule has 1 N–H and O–H groups in total. The molecule has 0 aromatic carbocycles. The number of aliphatic imine (C=N–C) groups is 1. The molecule has 1 aliphatic carbocycles. The molecular formula is C18H32N6O. The SMILES string of the molecule is CCNC(=NCC(C1CC1)N(C)C)N1CCOC(c2cnn(C)c2)C1. The van der Waals surface area contributed by atoms with Crippen LogP contribution in [0.2, 0.25) is 0 Å². The molecule has 0 radical (unpaired) electrons. The van der Waals surface area contributed by atoms with E-state index in [0.717, 1.165) is 43.6 Å². The van der Waals surface area contributed by atoms with Gasteiger partial charge in [-0.05, 0) is 39.8 Å². The van der Waals surface area contributed by atoms with E-state index in [-0.39, 0.29) is 6.10 Å². The molecular weight excluding hydrogens is 316 g/mol. The Hall–Kier alpha value is -1.60. The van der Waals surface area contributed by atoms with Crippen molar-refractivity contribution in [3.8, 4) is 0 Å². The lowest BCUT2D eigenvalue weighted by atomic mass is 10.1. The lowest BCUT2D eigenvalue weighted by Crippen LogP contribution is -2.48. The molecule has 1 saturated heterocycles. The lowest BCUT2D eigenvalue weighted by Gasteiger charge is -2.35. The number of ether oxygens (including phenoxy) is 1. The number of hydrogen-bond donors (Lipinski definition) is 1. The van der Waals surface area contributed by atoms with Gasteiger partial charge >= 0.3 is 0 Å². The zero-order valence-electron chi connectivity index (χ0n) is 16.0. The van der Waals surface area contributed by atoms with E-state index in [0.29, 0.717) is 12.6 Å². The van der Waals surface area contributed by atoms with Crippen LogP contribution in [0.15, 0.2) is 17.4 Å². The van der Waals surface area contributed by atoms with Gasteiger partial charge in [0, 0.05) is 37.9 Å². The Morgan fingerprint density at radius 3 is 2.88 bits per heavy atom. The predicted molar refractivity (Wildman–Crippen MR) is 99.7 cm³/mol. The van der Waals surface area contributed by atoms with E-state index in [9.17, 15) is 0 Å². The average Bonchev–Trinajstić information content (AvgIpc) is 3.34. The summed E-state index contributed by atoms with van der Waals surface area (Å²) in [4.78, 5) is 9.61. The van der Waals surface area contributed by atoms with Crippen molar-refractivity contribution in [1.82, 2.24) is 24.9 Å². The summed E-state index contributed by atoms with van der Waals surface area (Å²) in [5.41, 5.74) is 1.13. The number of morpholine rings is 1. The van der Waals surface area contributed by atoms with Gasteiger partial charge in [0.2, 0.25) is 0 Å². The third-order valence-corrected chi connectivity index (χ3v) is 5.06. The molecule has 140 valence electrons. The average molecular weight is 348 g/mol. The summed E-state index contributed by atoms with van der Waals surface area (Å²) in [6.45, 7) is 6.26. The lowest BCUT2D eigenvalue weighted by molar-refractivity contribution is -0.00808. The molecule has 2 unspecified atom stereocenters. The molecule has 0 spiro atoms. The van der Waals surface area contributed by atoms with Crippen molar-refractivity contribution in [2.45, 2.75) is 31.9 Å². The second-order valence-electron chi connectivity index (χ2n) is 7.32. The third-order valence-electron chi connectivity index (χ3n) is 5.06. The molecule has 1 aromatic rings. The van der Waals surface area contributed by atoms with Gasteiger partial charge < -0.3 is 19.9 Å². The largest absolute Gasteiger partial charge is 0.370 e. The van der Waals surface area contributed by atoms with E-state index < -0.39 is 0 Å². The zero-order valence-corrected chi connectivity index (χ0v) is 16.0. The Labute approximate surface area is 151 Å². The molecule has 7 nitrogen and oxygen atoms in total. The van der Waals surface area contributed by atoms with E-state index >= 15 is 0 Å². The number of aromatic nitrogens is 2. The van der Waals surface area contributed by atoms with Gasteiger partial charge in [0.25, 0.3) is 0 Å². The fourth-order valence-electron chi connectivity index (χ4n) is 3.47. The van der Waals surface area contributed by atoms with Crippen molar-refractivity contribution < 1.29 is 4.74 Å². The number of aryl methyl sites for hydroxylation is 1. The number of nitrogens with one attached hydrogen (secondary N) is 1. The van der Waals surface area contributed by atoms with Gasteiger partial charge in [-0.3, -0.25) is 9.67 Å². The van der Waals surface area contributed by atoms with Crippen LogP contribution in [0.4, 0.5) is 0 Å². The number of rotatable bonds is 6. The van der Waals surface area contributed by atoms with Crippen LogP contribution in [0, 0.1) is 5.92 Å². The predicted octanol–water partition coefficient (Wildman–Crippen LogP) is 1.10. The summed E-state index contributed by atoms with van der Waals surface area (Å²) in [7, 11) is 6.27. The summed E-state index contributed by atoms with van der Waals surface area (Å²) in [5.74, 6) is 1.82. The van der Waals surface area contributed by atoms with E-state index in [1.54, 1.807) is 0 Å². The van der Waals surface area contributed by atoms with E-state index in [1.165, 1.54) is 12.8 Å². The summed E-state index contributed by atoms with van der Waals surface area (Å²) in [6, 6.07) is 0.545. The highest BCUT2D eigenvalue weighted by Crippen LogP contribution is 2.34. The maximum Gasteiger partial charge on any atom is 0.194 e. The molecule has 7 heteroatoms. The van der Waals surface area contributed by atoms with Crippen molar-refractivity contribution in [3.05, 3.63) is 18.0 Å². The van der Waals surface area contributed by atoms with Crippen LogP contribution in [0.3, 0.4) is 0 Å². The number of hydrogen-bond acceptors (Lipinski definition) is 4. The van der Waals surface area contributed by atoms with Gasteiger partial charge in [-0.2, -0.15) is 5.10 Å². The minimum absolute atomic E-state index is 0.0550. The zero-order chi connectivity index (χ0) is 17.8. The fourth-order valence-corrected chi connectivity index (χ4v) is 3.47. The molecule has 2 fully saturated rings. The Morgan fingerprint density at radius 1 is 1.48 bits per heavy atom. The van der Waals surface area contributed by atoms with Crippen LogP contribution >= 0.6 is 0 Å². The normalized spacial score (nSPS) is 23.2. The summed E-state index contributed by atoms with van der Waals surface area (Å²) in [5, 5.41) is 7.73. The van der Waals surface area contributed by atoms with Crippen LogP contribution in [-0.2, 0) is 11.8 Å². The first-order valence-corrected chi connectivity index (χ1v) is 9.38. The van der Waals surface area contributed by atoms with Crippen molar-refractivity contribution in [1.29, 1.82) is 0 Å². The van der Waals surface area contributed by atoms with Crippen molar-refractivity contribution in [3.63, 3.8) is 0 Å². The summed E-state index contributed by atoms with van der Waals surface area (Å²) in [6.07, 6.45) is 6.67. The van der Waals surface area contributed by atoms with Crippen LogP contribution < -0.4 is 5.32 Å². The molecule has 0 bridgehead atoms. The van der Waals surface area contributed by atoms with Crippen molar-refractivity contribution in [2.75, 3.05) is 46.9 Å². The molecule has 1 aromatic heterocycles. The first kappa shape index (κ1) is 18.2. The highest BCUT2D eigenvalue weighted by Gasteiger charge is 2.33. The Balaban J connectivity index is 1.67. The molecule has 25 heavy (non-hydrogen) atoms. The molecule has 0 amide bonds. The van der Waals surface area contributed by atoms with Crippen LogP contribution in [0.25, 0.3) is 0 Å². The molecule has 2 aliphatic rings. The maximum atomic E-state index is 5.96. The van der Waals surface area contributed by atoms with Gasteiger partial charge in [0.1, 0.15) is 6.10 Å². The molecule has 3 rings (SSSR count). The Morgan fingerprint density at radius 2 is 2.28 bits per heavy atom. The second-order valence-corrected chi connectivity index (χ2v) is 7.32. The van der Waals surface area contributed by atoms with Gasteiger partial charge in [-0.15, -0.1) is 0 Å². The fraction of sp³-hybridized carbons (Fsp3) is 0.778. The van der Waals surface area contributed by atoms with Crippen LogP contribution in [0.5, 0.6) is 0 Å². The minimum atomic E-state index is 0.0550. The molecule has 1 aliphatic heterocycles. The smallest absolute Gasteiger partial charge is 0.194 e. The number of likely N-dealkylation sites (N-methyl/N-ethyl adjacent to an activating group) is 1. The van der Waals surface area contributed by atoms with Gasteiger partial charge in [-0.25, -0.2) is 0 Å². The standard InChI is InChI=1S/C18H32N6O/c1-5-19-18(20-11-16(22(2)3)14-6-7-14)24-8-9-25-17(13-24)15-10-21-23(4)12-15/h10,12,14,16-17H,5-9,11,13H2,1-4H3,(H,19,20). The highest BCUT2D eigenvalue weighted by atomic mass is 16.5. The van der Waals surface area contributed by atoms with E-state index in [4.69, 9.17) is 9.73 Å². The van der Waals surface area contributed by atoms with Gasteiger partial charge in [0.15, 0.2) is 5.96 Å². The molecule has 2 heterocycles. The quantitative estimate of drug-likeness (QED) is 0.616. The van der Waals surface area contributed by atoms with E-state index in [2.05, 4.69) is 41.2 Å². The summed E-state index contributed by atoms with van der Waals surface area (Å²) < 4.78 is 7.79. The van der Waals surface area contributed by atoms with Crippen LogP contribution in [0.1, 0.15) is 31.4 Å². The topological polar surface area (TPSA) is 57.9 Å². The molecule has 1 saturated carbocycles. The second kappa shape index (κ2) is 8.19. The molecule has 2 atom stereocenters. The highest BCUT2D eigenvalue weighted by molar-refractivity contribution is 5.80. The number of nitrogens with zero attached hydrogens (tertiary/aromatic N) is 5. The first-order valence-electron chi connectivity index (χ1n) is 9.38. The van der Waals surface area contributed by atoms with E-state index in [1.807, 2.05) is 24.1 Å². The third kappa shape index (κ3) is 4.73. The summed E-state index contributed by atoms with van der Waals surface area (Å²) >= 11 is 0.